The summed E-state index contributed by atoms with van der Waals surface area (Å²) in [5, 5.41) is 4.14. The molecule has 124 valence electrons. The summed E-state index contributed by atoms with van der Waals surface area (Å²) in [5.74, 6) is 0.385. The molecule has 0 radical (unpaired) electrons. The first-order valence-electron chi connectivity index (χ1n) is 7.58. The van der Waals surface area contributed by atoms with Crippen molar-refractivity contribution in [2.75, 3.05) is 20.6 Å². The van der Waals surface area contributed by atoms with E-state index in [0.717, 1.165) is 24.9 Å². The minimum Gasteiger partial charge on any atom is -0.339 e. The van der Waals surface area contributed by atoms with Crippen LogP contribution in [0.2, 0.25) is 5.02 Å². The molecule has 6 heteroatoms. The van der Waals surface area contributed by atoms with Crippen LogP contribution in [-0.4, -0.2) is 49.1 Å². The molecule has 1 fully saturated rings. The van der Waals surface area contributed by atoms with Crippen LogP contribution in [0, 0.1) is 0 Å². The summed E-state index contributed by atoms with van der Waals surface area (Å²) in [5.41, 5.74) is 1.03. The minimum atomic E-state index is -0.108. The number of allylic oxidation sites excluding steroid dienone is 1. The second kappa shape index (κ2) is 8.13. The zero-order chi connectivity index (χ0) is 16.8. The fourth-order valence-corrected chi connectivity index (χ4v) is 2.94. The molecule has 1 aliphatic rings. The molecule has 1 aromatic rings. The average Bonchev–Trinajstić information content (AvgIpc) is 2.96. The lowest BCUT2D eigenvalue weighted by atomic mass is 10.1. The van der Waals surface area contributed by atoms with Crippen molar-refractivity contribution in [3.63, 3.8) is 0 Å². The molecule has 2 rings (SSSR count). The van der Waals surface area contributed by atoms with Crippen molar-refractivity contribution in [1.82, 2.24) is 9.80 Å². The van der Waals surface area contributed by atoms with Crippen LogP contribution in [0.1, 0.15) is 18.4 Å². The Morgan fingerprint density at radius 2 is 2.39 bits per heavy atom. The summed E-state index contributed by atoms with van der Waals surface area (Å²) in [6, 6.07) is 7.45. The fraction of sp³-hybridized carbons (Fsp3) is 0.412. The highest BCUT2D eigenvalue weighted by Crippen LogP contribution is 2.19. The van der Waals surface area contributed by atoms with Crippen LogP contribution in [0.3, 0.4) is 0 Å². The lowest BCUT2D eigenvalue weighted by Gasteiger charge is -2.25. The Bertz CT molecular complexity index is 603. The maximum Gasteiger partial charge on any atom is 0.246 e. The third-order valence-electron chi connectivity index (χ3n) is 4.03. The van der Waals surface area contributed by atoms with Gasteiger partial charge < -0.3 is 4.84 Å². The molecule has 0 N–H and O–H groups in total. The predicted octanol–water partition coefficient (Wildman–Crippen LogP) is 2.91. The monoisotopic (exact) mass is 335 g/mol. The van der Waals surface area contributed by atoms with E-state index in [1.165, 1.54) is 4.90 Å². The Morgan fingerprint density at radius 1 is 1.61 bits per heavy atom. The van der Waals surface area contributed by atoms with E-state index >= 15 is 0 Å². The molecule has 0 bridgehead atoms. The van der Waals surface area contributed by atoms with Gasteiger partial charge >= 0.3 is 0 Å². The molecule has 1 aromatic carbocycles. The van der Waals surface area contributed by atoms with Gasteiger partial charge in [-0.1, -0.05) is 28.9 Å². The van der Waals surface area contributed by atoms with Gasteiger partial charge in [0.1, 0.15) is 0 Å². The van der Waals surface area contributed by atoms with Crippen molar-refractivity contribution in [2.24, 2.45) is 5.16 Å². The number of likely N-dealkylation sites (N-methyl/N-ethyl adjacent to an activating group) is 2. The van der Waals surface area contributed by atoms with Gasteiger partial charge in [0.25, 0.3) is 0 Å². The summed E-state index contributed by atoms with van der Waals surface area (Å²) in [6.45, 7) is 4.28. The molecular formula is C17H22ClN3O2. The van der Waals surface area contributed by atoms with Crippen LogP contribution >= 0.6 is 11.6 Å². The van der Waals surface area contributed by atoms with E-state index in [1.807, 2.05) is 37.4 Å². The number of amides is 1. The van der Waals surface area contributed by atoms with Crippen LogP contribution in [-0.2, 0) is 16.1 Å². The molecule has 23 heavy (non-hydrogen) atoms. The van der Waals surface area contributed by atoms with Crippen LogP contribution in [0.15, 0.2) is 41.4 Å². The van der Waals surface area contributed by atoms with Gasteiger partial charge in [0.05, 0.1) is 6.04 Å². The van der Waals surface area contributed by atoms with Crippen LogP contribution in [0.4, 0.5) is 0 Å². The van der Waals surface area contributed by atoms with Crippen molar-refractivity contribution < 1.29 is 9.63 Å². The Labute approximate surface area is 142 Å². The number of hydrogen-bond donors (Lipinski definition) is 0. The van der Waals surface area contributed by atoms with Gasteiger partial charge in [-0.25, -0.2) is 0 Å². The maximum atomic E-state index is 12.6. The third kappa shape index (κ3) is 4.56. The number of hydrogen-bond acceptors (Lipinski definition) is 4. The van der Waals surface area contributed by atoms with E-state index in [4.69, 9.17) is 16.4 Å². The van der Waals surface area contributed by atoms with Gasteiger partial charge in [-0.2, -0.15) is 0 Å². The van der Waals surface area contributed by atoms with Crippen molar-refractivity contribution in [3.8, 4) is 0 Å². The van der Waals surface area contributed by atoms with Gasteiger partial charge in [0, 0.05) is 18.8 Å². The van der Waals surface area contributed by atoms with E-state index in [0.29, 0.717) is 17.3 Å². The second-order valence-electron chi connectivity index (χ2n) is 5.63. The smallest absolute Gasteiger partial charge is 0.246 e. The number of nitrogens with zero attached hydrogens (tertiary/aromatic N) is 3. The quantitative estimate of drug-likeness (QED) is 0.456. The fourth-order valence-electron chi connectivity index (χ4n) is 2.73. The molecular weight excluding hydrogens is 314 g/mol. The van der Waals surface area contributed by atoms with Crippen LogP contribution in [0.25, 0.3) is 0 Å². The van der Waals surface area contributed by atoms with E-state index in [1.54, 1.807) is 7.05 Å². The number of carbonyl (C=O) groups is 1. The zero-order valence-corrected chi connectivity index (χ0v) is 14.3. The number of likely N-dealkylation sites (tertiary alicyclic amines) is 1. The number of carbonyl (C=O) groups excluding carboxylic acids is 1. The molecule has 0 saturated carbocycles. The minimum absolute atomic E-state index is 0.00555. The molecule has 1 saturated heterocycles. The highest BCUT2D eigenvalue weighted by Gasteiger charge is 2.31. The number of oxime groups is 1. The van der Waals surface area contributed by atoms with E-state index in [2.05, 4.69) is 16.8 Å². The number of rotatable bonds is 6. The van der Waals surface area contributed by atoms with Crippen LogP contribution in [0.5, 0.6) is 0 Å². The van der Waals surface area contributed by atoms with Gasteiger partial charge in [-0.3, -0.25) is 14.6 Å². The Balaban J connectivity index is 2.11. The van der Waals surface area contributed by atoms with Crippen molar-refractivity contribution in [1.29, 1.82) is 0 Å². The highest BCUT2D eigenvalue weighted by molar-refractivity contribution is 6.30. The summed E-state index contributed by atoms with van der Waals surface area (Å²) in [7, 11) is 3.66. The van der Waals surface area contributed by atoms with Gasteiger partial charge in [0.2, 0.25) is 11.8 Å². The third-order valence-corrected chi connectivity index (χ3v) is 4.26. The summed E-state index contributed by atoms with van der Waals surface area (Å²) >= 11 is 5.99. The SMILES string of the molecule is C=NO/C(=C\Cc1cccc(Cl)c1)N(C)C(=O)C1CCCN1C. The first-order chi connectivity index (χ1) is 11.0. The van der Waals surface area contributed by atoms with Gasteiger partial charge in [0.15, 0.2) is 0 Å². The standard InChI is InChI=1S/C17H22ClN3O2/c1-19-23-16(10-9-13-6-4-7-14(18)12-13)21(3)17(22)15-8-5-11-20(15)2/h4,6-7,10,12,15H,1,5,8-9,11H2,2-3H3/b16-10-. The van der Waals surface area contributed by atoms with Gasteiger partial charge in [-0.15, -0.1) is 0 Å². The molecule has 0 spiro atoms. The van der Waals surface area contributed by atoms with Crippen molar-refractivity contribution in [2.45, 2.75) is 25.3 Å². The molecule has 1 aliphatic heterocycles. The Morgan fingerprint density at radius 3 is 3.00 bits per heavy atom. The molecule has 1 heterocycles. The molecule has 1 atom stereocenters. The normalized spacial score (nSPS) is 18.7. The number of benzene rings is 1. The number of halogens is 1. The summed E-state index contributed by atoms with van der Waals surface area (Å²) in [4.78, 5) is 21.4. The highest BCUT2D eigenvalue weighted by atomic mass is 35.5. The first-order valence-corrected chi connectivity index (χ1v) is 7.96. The van der Waals surface area contributed by atoms with Crippen molar-refractivity contribution >= 4 is 24.2 Å². The molecule has 1 unspecified atom stereocenters. The summed E-state index contributed by atoms with van der Waals surface area (Å²) < 4.78 is 0. The second-order valence-corrected chi connectivity index (χ2v) is 6.07. The van der Waals surface area contributed by atoms with E-state index in [-0.39, 0.29) is 11.9 Å². The predicted molar refractivity (Wildman–Crippen MR) is 92.3 cm³/mol. The van der Waals surface area contributed by atoms with E-state index < -0.39 is 0 Å². The van der Waals surface area contributed by atoms with Crippen LogP contribution < -0.4 is 0 Å². The van der Waals surface area contributed by atoms with Gasteiger partial charge in [-0.05, 0) is 56.6 Å². The lowest BCUT2D eigenvalue weighted by Crippen LogP contribution is -2.42. The van der Waals surface area contributed by atoms with E-state index in [9.17, 15) is 4.79 Å². The molecule has 1 amide bonds. The largest absolute Gasteiger partial charge is 0.339 e. The lowest BCUT2D eigenvalue weighted by molar-refractivity contribution is -0.134. The molecule has 0 aromatic heterocycles. The Hall–Kier alpha value is -1.85. The van der Waals surface area contributed by atoms with Crippen molar-refractivity contribution in [3.05, 3.63) is 46.8 Å². The zero-order valence-electron chi connectivity index (χ0n) is 13.5. The Kier molecular flexibility index (Phi) is 6.19. The molecule has 0 aliphatic carbocycles. The maximum absolute atomic E-state index is 12.6. The topological polar surface area (TPSA) is 45.1 Å². The summed E-state index contributed by atoms with van der Waals surface area (Å²) in [6.07, 6.45) is 4.29. The first kappa shape index (κ1) is 17.5. The average molecular weight is 336 g/mol. The molecule has 5 nitrogen and oxygen atoms in total.